The van der Waals surface area contributed by atoms with E-state index in [0.717, 1.165) is 25.7 Å². The Hall–Kier alpha value is -1.35. The van der Waals surface area contributed by atoms with Gasteiger partial charge in [-0.25, -0.2) is 4.79 Å². The first kappa shape index (κ1) is 18.0. The number of hydrogen-bond donors (Lipinski definition) is 1. The second-order valence-corrected chi connectivity index (χ2v) is 7.38. The van der Waals surface area contributed by atoms with E-state index in [2.05, 4.69) is 26.8 Å². The molecule has 0 fully saturated rings. The number of ether oxygens (including phenoxy) is 1. The molecule has 128 valence electrons. The number of aliphatic hydroxyl groups is 1. The van der Waals surface area contributed by atoms with Crippen LogP contribution in [0.1, 0.15) is 59.8 Å². The lowest BCUT2D eigenvalue weighted by atomic mass is 9.84. The van der Waals surface area contributed by atoms with Gasteiger partial charge in [0.1, 0.15) is 6.10 Å². The van der Waals surface area contributed by atoms with Crippen molar-refractivity contribution in [2.45, 2.75) is 72.0 Å². The molecule has 1 aliphatic heterocycles. The van der Waals surface area contributed by atoms with Crippen LogP contribution in [0.3, 0.4) is 0 Å². The summed E-state index contributed by atoms with van der Waals surface area (Å²) in [6, 6.07) is 0. The van der Waals surface area contributed by atoms with E-state index < -0.39 is 6.10 Å². The Balaban J connectivity index is 2.25. The van der Waals surface area contributed by atoms with E-state index in [0.29, 0.717) is 23.8 Å². The van der Waals surface area contributed by atoms with Crippen LogP contribution in [-0.4, -0.2) is 23.3 Å². The predicted octanol–water partition coefficient (Wildman–Crippen LogP) is 4.33. The lowest BCUT2D eigenvalue weighted by molar-refractivity contribution is -0.142. The molecule has 0 saturated carbocycles. The molecule has 0 radical (unpaired) electrons. The fraction of sp³-hybridized carbons (Fsp3) is 0.650. The van der Waals surface area contributed by atoms with Crippen LogP contribution in [0.15, 0.2) is 34.9 Å². The molecule has 2 bridgehead atoms. The standard InChI is InChI=1S/C20H30O3/c1-13(2)18-9-8-14(3)6-5-7-15(4)10-17(21)11-16-12-19(18)23-20(16)22/h6,10,12-13,17-19,21H,5,7-9,11H2,1-4H3/b14-6+,15-10+/t17-,18-,19+/m0/s1. The van der Waals surface area contributed by atoms with E-state index in [1.165, 1.54) is 11.1 Å². The Kier molecular flexibility index (Phi) is 6.23. The highest BCUT2D eigenvalue weighted by molar-refractivity contribution is 5.91. The zero-order valence-electron chi connectivity index (χ0n) is 14.8. The fourth-order valence-electron chi connectivity index (χ4n) is 3.48. The molecule has 0 spiro atoms. The number of aliphatic hydroxyl groups excluding tert-OH is 1. The highest BCUT2D eigenvalue weighted by Crippen LogP contribution is 2.32. The summed E-state index contributed by atoms with van der Waals surface area (Å²) in [6.45, 7) is 8.59. The molecule has 1 aliphatic carbocycles. The van der Waals surface area contributed by atoms with Gasteiger partial charge in [0.25, 0.3) is 0 Å². The number of esters is 1. The SMILES string of the molecule is C/C1=C\[C@H](O)CC2=C[C@@H](OC2=O)[C@H](C(C)C)CC/C(C)=C/CC1. The van der Waals surface area contributed by atoms with E-state index in [1.807, 2.05) is 19.1 Å². The van der Waals surface area contributed by atoms with Crippen LogP contribution in [0.4, 0.5) is 0 Å². The third-order valence-electron chi connectivity index (χ3n) is 4.96. The predicted molar refractivity (Wildman–Crippen MR) is 92.9 cm³/mol. The summed E-state index contributed by atoms with van der Waals surface area (Å²) in [6.07, 6.45) is 9.75. The highest BCUT2D eigenvalue weighted by Gasteiger charge is 2.33. The maximum Gasteiger partial charge on any atom is 0.334 e. The van der Waals surface area contributed by atoms with Crippen LogP contribution in [0.5, 0.6) is 0 Å². The van der Waals surface area contributed by atoms with Crippen LogP contribution >= 0.6 is 0 Å². The van der Waals surface area contributed by atoms with Crippen molar-refractivity contribution in [1.29, 1.82) is 0 Å². The summed E-state index contributed by atoms with van der Waals surface area (Å²) in [4.78, 5) is 12.1. The van der Waals surface area contributed by atoms with Crippen LogP contribution in [-0.2, 0) is 9.53 Å². The summed E-state index contributed by atoms with van der Waals surface area (Å²) in [5, 5.41) is 10.2. The van der Waals surface area contributed by atoms with Gasteiger partial charge in [0.15, 0.2) is 0 Å². The van der Waals surface area contributed by atoms with Gasteiger partial charge in [0, 0.05) is 17.9 Å². The molecular weight excluding hydrogens is 288 g/mol. The maximum atomic E-state index is 12.1. The third kappa shape index (κ3) is 5.07. The molecule has 3 heteroatoms. The summed E-state index contributed by atoms with van der Waals surface area (Å²) < 4.78 is 5.60. The van der Waals surface area contributed by atoms with E-state index in [9.17, 15) is 9.90 Å². The number of fused-ring (bicyclic) bond motifs is 1. The van der Waals surface area contributed by atoms with Gasteiger partial charge in [-0.2, -0.15) is 0 Å². The van der Waals surface area contributed by atoms with Gasteiger partial charge in [0.2, 0.25) is 0 Å². The number of rotatable bonds is 1. The second kappa shape index (κ2) is 7.96. The van der Waals surface area contributed by atoms with Crippen molar-refractivity contribution in [2.24, 2.45) is 11.8 Å². The molecule has 1 N–H and O–H groups in total. The number of carbonyl (C=O) groups is 1. The van der Waals surface area contributed by atoms with Gasteiger partial charge in [-0.1, -0.05) is 37.1 Å². The van der Waals surface area contributed by atoms with E-state index in [-0.39, 0.29) is 12.1 Å². The monoisotopic (exact) mass is 318 g/mol. The number of carbonyl (C=O) groups excluding carboxylic acids is 1. The molecule has 0 aromatic heterocycles. The van der Waals surface area contributed by atoms with E-state index in [1.54, 1.807) is 0 Å². The Morgan fingerprint density at radius 1 is 1.17 bits per heavy atom. The lowest BCUT2D eigenvalue weighted by Gasteiger charge is -2.25. The minimum Gasteiger partial charge on any atom is -0.454 e. The number of hydrogen-bond acceptors (Lipinski definition) is 3. The zero-order chi connectivity index (χ0) is 17.0. The first-order chi connectivity index (χ1) is 10.9. The van der Waals surface area contributed by atoms with E-state index in [4.69, 9.17) is 4.74 Å². The second-order valence-electron chi connectivity index (χ2n) is 7.38. The lowest BCUT2D eigenvalue weighted by Crippen LogP contribution is -2.25. The third-order valence-corrected chi connectivity index (χ3v) is 4.96. The van der Waals surface area contributed by atoms with Crippen molar-refractivity contribution in [3.05, 3.63) is 34.9 Å². The molecule has 3 nitrogen and oxygen atoms in total. The molecule has 1 heterocycles. The quantitative estimate of drug-likeness (QED) is 0.578. The Labute approximate surface area is 140 Å². The fourth-order valence-corrected chi connectivity index (χ4v) is 3.48. The first-order valence-corrected chi connectivity index (χ1v) is 8.79. The minimum absolute atomic E-state index is 0.148. The average molecular weight is 318 g/mol. The molecule has 0 saturated heterocycles. The molecule has 0 unspecified atom stereocenters. The first-order valence-electron chi connectivity index (χ1n) is 8.79. The molecule has 0 aromatic rings. The van der Waals surface area contributed by atoms with Gasteiger partial charge in [-0.05, 0) is 51.5 Å². The van der Waals surface area contributed by atoms with Crippen LogP contribution in [0.25, 0.3) is 0 Å². The Morgan fingerprint density at radius 2 is 1.91 bits per heavy atom. The smallest absolute Gasteiger partial charge is 0.334 e. The van der Waals surface area contributed by atoms with Crippen molar-refractivity contribution in [2.75, 3.05) is 0 Å². The summed E-state index contributed by atoms with van der Waals surface area (Å²) in [5.74, 6) is 0.529. The molecule has 2 aliphatic rings. The Morgan fingerprint density at radius 3 is 2.61 bits per heavy atom. The average Bonchev–Trinajstić information content (AvgIpc) is 2.78. The summed E-state index contributed by atoms with van der Waals surface area (Å²) in [5.41, 5.74) is 3.19. The van der Waals surface area contributed by atoms with Gasteiger partial charge in [0.05, 0.1) is 6.10 Å². The number of allylic oxidation sites excluding steroid dienone is 3. The van der Waals surface area contributed by atoms with Gasteiger partial charge in [-0.15, -0.1) is 0 Å². The van der Waals surface area contributed by atoms with Crippen LogP contribution in [0.2, 0.25) is 0 Å². The Bertz CT molecular complexity index is 525. The van der Waals surface area contributed by atoms with E-state index >= 15 is 0 Å². The minimum atomic E-state index is -0.613. The maximum absolute atomic E-state index is 12.1. The molecular formula is C20H30O3. The van der Waals surface area contributed by atoms with Crippen LogP contribution < -0.4 is 0 Å². The summed E-state index contributed by atoms with van der Waals surface area (Å²) >= 11 is 0. The molecule has 0 aromatic carbocycles. The van der Waals surface area contributed by atoms with Crippen molar-refractivity contribution in [3.63, 3.8) is 0 Å². The zero-order valence-corrected chi connectivity index (χ0v) is 14.8. The van der Waals surface area contributed by atoms with Gasteiger partial charge in [-0.3, -0.25) is 0 Å². The largest absolute Gasteiger partial charge is 0.454 e. The van der Waals surface area contributed by atoms with Gasteiger partial charge < -0.3 is 9.84 Å². The van der Waals surface area contributed by atoms with Crippen molar-refractivity contribution in [1.82, 2.24) is 0 Å². The molecule has 2 rings (SSSR count). The topological polar surface area (TPSA) is 46.5 Å². The molecule has 3 atom stereocenters. The molecule has 23 heavy (non-hydrogen) atoms. The normalized spacial score (nSPS) is 34.8. The van der Waals surface area contributed by atoms with Crippen molar-refractivity contribution in [3.8, 4) is 0 Å². The molecule has 0 amide bonds. The van der Waals surface area contributed by atoms with Gasteiger partial charge >= 0.3 is 5.97 Å². The summed E-state index contributed by atoms with van der Waals surface area (Å²) in [7, 11) is 0. The van der Waals surface area contributed by atoms with Crippen molar-refractivity contribution >= 4 is 5.97 Å². The van der Waals surface area contributed by atoms with Crippen LogP contribution in [0, 0.1) is 11.8 Å². The highest BCUT2D eigenvalue weighted by atomic mass is 16.5. The van der Waals surface area contributed by atoms with Crippen molar-refractivity contribution < 1.29 is 14.6 Å².